The Balaban J connectivity index is 1.97. The predicted octanol–water partition coefficient (Wildman–Crippen LogP) is 2.27. The van der Waals surface area contributed by atoms with E-state index in [1.165, 1.54) is 12.1 Å². The van der Waals surface area contributed by atoms with Crippen molar-refractivity contribution in [3.8, 4) is 0 Å². The van der Waals surface area contributed by atoms with Crippen LogP contribution in [0.3, 0.4) is 0 Å². The molecule has 2 aromatic carbocycles. The number of carboxylic acids is 1. The van der Waals surface area contributed by atoms with E-state index in [0.29, 0.717) is 24.0 Å². The van der Waals surface area contributed by atoms with E-state index in [1.54, 1.807) is 10.6 Å². The highest BCUT2D eigenvalue weighted by Crippen LogP contribution is 2.14. The lowest BCUT2D eigenvalue weighted by Crippen LogP contribution is -2.18. The van der Waals surface area contributed by atoms with Gasteiger partial charge in [0, 0.05) is 6.54 Å². The van der Waals surface area contributed by atoms with Crippen LogP contribution in [0.2, 0.25) is 0 Å². The van der Waals surface area contributed by atoms with Gasteiger partial charge in [-0.15, -0.1) is 0 Å². The zero-order chi connectivity index (χ0) is 14.8. The van der Waals surface area contributed by atoms with Gasteiger partial charge < -0.3 is 10.1 Å². The Morgan fingerprint density at radius 1 is 1.14 bits per heavy atom. The number of nitrogens with zero attached hydrogens (tertiary/aromatic N) is 1. The second-order valence-corrected chi connectivity index (χ2v) is 4.85. The Morgan fingerprint density at radius 3 is 2.62 bits per heavy atom. The summed E-state index contributed by atoms with van der Waals surface area (Å²) in [6, 6.07) is 14.5. The number of hydrogen-bond acceptors (Lipinski definition) is 2. The first-order valence-corrected chi connectivity index (χ1v) is 6.65. The number of H-pyrrole nitrogens is 1. The molecule has 2 N–H and O–H groups in total. The fraction of sp³-hybridized carbons (Fsp3) is 0.125. The van der Waals surface area contributed by atoms with Gasteiger partial charge in [0.25, 0.3) is 0 Å². The van der Waals surface area contributed by atoms with Gasteiger partial charge in [0.15, 0.2) is 0 Å². The number of imidazole rings is 1. The number of carbonyl (C=O) groups is 1. The van der Waals surface area contributed by atoms with Crippen LogP contribution in [0.4, 0.5) is 0 Å². The molecular formula is C16H14N2O3. The average molecular weight is 282 g/mol. The highest BCUT2D eigenvalue weighted by Gasteiger charge is 2.10. The number of aryl methyl sites for hydroxylation is 2. The third-order valence-electron chi connectivity index (χ3n) is 3.49. The Bertz CT molecular complexity index is 847. The summed E-state index contributed by atoms with van der Waals surface area (Å²) in [6.45, 7) is 0.506. The van der Waals surface area contributed by atoms with E-state index in [1.807, 2.05) is 30.3 Å². The molecule has 106 valence electrons. The van der Waals surface area contributed by atoms with E-state index in [2.05, 4.69) is 4.98 Å². The first-order chi connectivity index (χ1) is 10.1. The maximum absolute atomic E-state index is 12.0. The maximum Gasteiger partial charge on any atom is 0.335 e. The molecule has 0 atom stereocenters. The summed E-state index contributed by atoms with van der Waals surface area (Å²) in [5, 5.41) is 9.05. The lowest BCUT2D eigenvalue weighted by atomic mass is 10.1. The third kappa shape index (κ3) is 2.58. The number of fused-ring (bicyclic) bond motifs is 1. The van der Waals surface area contributed by atoms with E-state index in [4.69, 9.17) is 5.11 Å². The molecule has 0 unspecified atom stereocenters. The van der Waals surface area contributed by atoms with Crippen LogP contribution in [0.15, 0.2) is 53.3 Å². The molecule has 0 spiro atoms. The molecule has 0 radical (unpaired) electrons. The minimum Gasteiger partial charge on any atom is -0.478 e. The molecule has 5 heteroatoms. The van der Waals surface area contributed by atoms with Gasteiger partial charge >= 0.3 is 11.7 Å². The minimum atomic E-state index is -1.000. The molecule has 21 heavy (non-hydrogen) atoms. The third-order valence-corrected chi connectivity index (χ3v) is 3.49. The Hall–Kier alpha value is -2.82. The second-order valence-electron chi connectivity index (χ2n) is 4.85. The number of aromatic carboxylic acids is 1. The van der Waals surface area contributed by atoms with Crippen molar-refractivity contribution in [2.24, 2.45) is 0 Å². The smallest absolute Gasteiger partial charge is 0.335 e. The van der Waals surface area contributed by atoms with Gasteiger partial charge in [-0.25, -0.2) is 9.59 Å². The highest BCUT2D eigenvalue weighted by atomic mass is 16.4. The van der Waals surface area contributed by atoms with Crippen LogP contribution in [-0.4, -0.2) is 20.6 Å². The molecule has 0 fully saturated rings. The van der Waals surface area contributed by atoms with Gasteiger partial charge in [0.2, 0.25) is 0 Å². The van der Waals surface area contributed by atoms with Gasteiger partial charge in [-0.1, -0.05) is 30.3 Å². The minimum absolute atomic E-state index is 0.176. The van der Waals surface area contributed by atoms with Crippen molar-refractivity contribution in [1.29, 1.82) is 0 Å². The molecule has 0 aliphatic heterocycles. The van der Waals surface area contributed by atoms with E-state index in [9.17, 15) is 9.59 Å². The van der Waals surface area contributed by atoms with Crippen LogP contribution in [0.1, 0.15) is 15.9 Å². The van der Waals surface area contributed by atoms with Crippen molar-refractivity contribution >= 4 is 17.0 Å². The predicted molar refractivity (Wildman–Crippen MR) is 79.7 cm³/mol. The highest BCUT2D eigenvalue weighted by molar-refractivity contribution is 5.92. The van der Waals surface area contributed by atoms with Crippen LogP contribution >= 0.6 is 0 Å². The Kier molecular flexibility index (Phi) is 3.31. The zero-order valence-corrected chi connectivity index (χ0v) is 11.2. The number of rotatable bonds is 4. The summed E-state index contributed by atoms with van der Waals surface area (Å²) in [4.78, 5) is 25.8. The van der Waals surface area contributed by atoms with Crippen molar-refractivity contribution in [2.45, 2.75) is 13.0 Å². The fourth-order valence-electron chi connectivity index (χ4n) is 2.39. The standard InChI is InChI=1S/C16H14N2O3/c19-15(20)12-6-7-13-14(10-12)18(16(21)17-13)9-8-11-4-2-1-3-5-11/h1-7,10H,8-9H2,(H,17,21)(H,19,20). The number of hydrogen-bond donors (Lipinski definition) is 2. The van der Waals surface area contributed by atoms with Crippen LogP contribution in [0, 0.1) is 0 Å². The molecule has 0 bridgehead atoms. The van der Waals surface area contributed by atoms with Gasteiger partial charge in [0.1, 0.15) is 0 Å². The van der Waals surface area contributed by atoms with Crippen molar-refractivity contribution in [3.63, 3.8) is 0 Å². The summed E-state index contributed by atoms with van der Waals surface area (Å²) in [7, 11) is 0. The molecule has 1 aromatic heterocycles. The molecule has 0 aliphatic rings. The topological polar surface area (TPSA) is 75.1 Å². The molecule has 5 nitrogen and oxygen atoms in total. The van der Waals surface area contributed by atoms with Gasteiger partial charge in [-0.3, -0.25) is 4.57 Å². The number of carboxylic acid groups (broad SMARTS) is 1. The first kappa shape index (κ1) is 13.2. The lowest BCUT2D eigenvalue weighted by molar-refractivity contribution is 0.0697. The summed E-state index contributed by atoms with van der Waals surface area (Å²) in [6.07, 6.45) is 0.713. The molecule has 3 rings (SSSR count). The van der Waals surface area contributed by atoms with E-state index < -0.39 is 5.97 Å². The maximum atomic E-state index is 12.0. The molecule has 1 heterocycles. The molecule has 0 saturated carbocycles. The van der Waals surface area contributed by atoms with Crippen LogP contribution in [0.5, 0.6) is 0 Å². The average Bonchev–Trinajstić information content (AvgIpc) is 2.80. The van der Waals surface area contributed by atoms with E-state index in [-0.39, 0.29) is 11.3 Å². The van der Waals surface area contributed by atoms with E-state index >= 15 is 0 Å². The second kappa shape index (κ2) is 5.28. The van der Waals surface area contributed by atoms with Crippen molar-refractivity contribution in [2.75, 3.05) is 0 Å². The lowest BCUT2D eigenvalue weighted by Gasteiger charge is -2.04. The van der Waals surface area contributed by atoms with Crippen LogP contribution in [-0.2, 0) is 13.0 Å². The molecule has 0 aliphatic carbocycles. The fourth-order valence-corrected chi connectivity index (χ4v) is 2.39. The Labute approximate surface area is 120 Å². The number of aromatic amines is 1. The van der Waals surface area contributed by atoms with Crippen LogP contribution < -0.4 is 5.69 Å². The quantitative estimate of drug-likeness (QED) is 0.770. The zero-order valence-electron chi connectivity index (χ0n) is 11.2. The summed E-state index contributed by atoms with van der Waals surface area (Å²) in [5.41, 5.74) is 2.36. The summed E-state index contributed by atoms with van der Waals surface area (Å²) >= 11 is 0. The normalized spacial score (nSPS) is 10.9. The SMILES string of the molecule is O=C(O)c1ccc2[nH]c(=O)n(CCc3ccccc3)c2c1. The number of aromatic nitrogens is 2. The number of benzene rings is 2. The molecule has 0 amide bonds. The van der Waals surface area contributed by atoms with Crippen molar-refractivity contribution in [3.05, 3.63) is 70.1 Å². The van der Waals surface area contributed by atoms with Crippen LogP contribution in [0.25, 0.3) is 11.0 Å². The largest absolute Gasteiger partial charge is 0.478 e. The van der Waals surface area contributed by atoms with Gasteiger partial charge in [-0.05, 0) is 30.2 Å². The van der Waals surface area contributed by atoms with Crippen molar-refractivity contribution in [1.82, 2.24) is 9.55 Å². The van der Waals surface area contributed by atoms with Crippen molar-refractivity contribution < 1.29 is 9.90 Å². The van der Waals surface area contributed by atoms with E-state index in [0.717, 1.165) is 5.56 Å². The first-order valence-electron chi connectivity index (χ1n) is 6.65. The summed E-state index contributed by atoms with van der Waals surface area (Å²) in [5.74, 6) is -1.000. The molecule has 0 saturated heterocycles. The number of nitrogens with one attached hydrogen (secondary N) is 1. The monoisotopic (exact) mass is 282 g/mol. The molecular weight excluding hydrogens is 268 g/mol. The van der Waals surface area contributed by atoms with Gasteiger partial charge in [0.05, 0.1) is 16.6 Å². The van der Waals surface area contributed by atoms with Gasteiger partial charge in [-0.2, -0.15) is 0 Å². The molecule has 3 aromatic rings. The summed E-state index contributed by atoms with van der Waals surface area (Å²) < 4.78 is 1.58. The Morgan fingerprint density at radius 2 is 1.90 bits per heavy atom.